The zero-order chi connectivity index (χ0) is 10.1. The summed E-state index contributed by atoms with van der Waals surface area (Å²) in [5, 5.41) is 13.6. The number of hydrogen-bond acceptors (Lipinski definition) is 3. The molecule has 0 radical (unpaired) electrons. The van der Waals surface area contributed by atoms with Crippen LogP contribution in [-0.2, 0) is 6.42 Å². The maximum atomic E-state index is 11.5. The van der Waals surface area contributed by atoms with E-state index in [0.29, 0.717) is 17.6 Å². The van der Waals surface area contributed by atoms with E-state index in [2.05, 4.69) is 10.1 Å². The third-order valence-electron chi connectivity index (χ3n) is 2.13. The van der Waals surface area contributed by atoms with Crippen LogP contribution in [0, 0.1) is 0 Å². The van der Waals surface area contributed by atoms with Crippen LogP contribution >= 0.6 is 0 Å². The maximum absolute atomic E-state index is 11.5. The van der Waals surface area contributed by atoms with Crippen LogP contribution in [0.3, 0.4) is 0 Å². The van der Waals surface area contributed by atoms with Crippen LogP contribution in [0.4, 0.5) is 0 Å². The second-order valence-electron chi connectivity index (χ2n) is 3.13. The highest BCUT2D eigenvalue weighted by Crippen LogP contribution is 2.14. The van der Waals surface area contributed by atoms with Gasteiger partial charge in [-0.25, -0.2) is 0 Å². The van der Waals surface area contributed by atoms with Crippen molar-refractivity contribution in [1.29, 1.82) is 0 Å². The lowest BCUT2D eigenvalue weighted by atomic mass is 10.2. The Labute approximate surface area is 80.0 Å². The van der Waals surface area contributed by atoms with E-state index in [1.54, 1.807) is 6.07 Å². The smallest absolute Gasteiger partial charge is 0.258 e. The van der Waals surface area contributed by atoms with E-state index in [-0.39, 0.29) is 11.4 Å². The van der Waals surface area contributed by atoms with Crippen LogP contribution in [0.2, 0.25) is 0 Å². The first-order valence-electron chi connectivity index (χ1n) is 4.52. The summed E-state index contributed by atoms with van der Waals surface area (Å²) >= 11 is 0. The molecule has 0 aromatic carbocycles. The van der Waals surface area contributed by atoms with Crippen molar-refractivity contribution in [3.63, 3.8) is 0 Å². The summed E-state index contributed by atoms with van der Waals surface area (Å²) in [5.74, 6) is -0.0596. The SMILES string of the molecule is CCCc1c(O)n2nccc2[nH]c1=O. The van der Waals surface area contributed by atoms with Gasteiger partial charge in [-0.1, -0.05) is 13.3 Å². The van der Waals surface area contributed by atoms with E-state index in [9.17, 15) is 9.90 Å². The molecular weight excluding hydrogens is 182 g/mol. The van der Waals surface area contributed by atoms with Crippen molar-refractivity contribution in [2.45, 2.75) is 19.8 Å². The summed E-state index contributed by atoms with van der Waals surface area (Å²) in [6, 6.07) is 1.64. The molecule has 5 heteroatoms. The molecule has 0 unspecified atom stereocenters. The molecule has 0 amide bonds. The lowest BCUT2D eigenvalue weighted by molar-refractivity contribution is 0.426. The van der Waals surface area contributed by atoms with Gasteiger partial charge in [0.15, 0.2) is 0 Å². The van der Waals surface area contributed by atoms with Gasteiger partial charge in [0.2, 0.25) is 5.88 Å². The largest absolute Gasteiger partial charge is 0.493 e. The van der Waals surface area contributed by atoms with Gasteiger partial charge >= 0.3 is 0 Å². The summed E-state index contributed by atoms with van der Waals surface area (Å²) < 4.78 is 1.33. The third kappa shape index (κ3) is 1.17. The Hall–Kier alpha value is -1.78. The molecule has 0 saturated heterocycles. The topological polar surface area (TPSA) is 70.4 Å². The van der Waals surface area contributed by atoms with Crippen molar-refractivity contribution < 1.29 is 5.11 Å². The summed E-state index contributed by atoms with van der Waals surface area (Å²) in [6.07, 6.45) is 2.89. The van der Waals surface area contributed by atoms with Gasteiger partial charge in [0.25, 0.3) is 5.56 Å². The van der Waals surface area contributed by atoms with E-state index in [1.807, 2.05) is 6.92 Å². The minimum absolute atomic E-state index is 0.0596. The first-order valence-corrected chi connectivity index (χ1v) is 4.52. The van der Waals surface area contributed by atoms with Gasteiger partial charge in [-0.2, -0.15) is 9.61 Å². The van der Waals surface area contributed by atoms with Gasteiger partial charge in [-0.3, -0.25) is 4.79 Å². The molecule has 0 spiro atoms. The van der Waals surface area contributed by atoms with E-state index in [0.717, 1.165) is 6.42 Å². The van der Waals surface area contributed by atoms with Crippen LogP contribution in [0.5, 0.6) is 5.88 Å². The average Bonchev–Trinajstić information content (AvgIpc) is 2.60. The Morgan fingerprint density at radius 3 is 3.14 bits per heavy atom. The molecule has 0 bridgehead atoms. The number of fused-ring (bicyclic) bond motifs is 1. The number of nitrogens with zero attached hydrogens (tertiary/aromatic N) is 2. The molecule has 0 saturated carbocycles. The van der Waals surface area contributed by atoms with Crippen LogP contribution in [0.15, 0.2) is 17.1 Å². The molecule has 0 aliphatic carbocycles. The lowest BCUT2D eigenvalue weighted by Gasteiger charge is -2.03. The van der Waals surface area contributed by atoms with Crippen LogP contribution < -0.4 is 5.56 Å². The van der Waals surface area contributed by atoms with Gasteiger partial charge in [-0.15, -0.1) is 0 Å². The Balaban J connectivity index is 2.75. The number of aromatic amines is 1. The highest BCUT2D eigenvalue weighted by molar-refractivity contribution is 5.41. The molecule has 2 aromatic heterocycles. The Morgan fingerprint density at radius 1 is 1.64 bits per heavy atom. The molecule has 74 valence electrons. The van der Waals surface area contributed by atoms with Gasteiger partial charge in [0, 0.05) is 6.07 Å². The second-order valence-corrected chi connectivity index (χ2v) is 3.13. The van der Waals surface area contributed by atoms with Crippen molar-refractivity contribution in [2.24, 2.45) is 0 Å². The summed E-state index contributed by atoms with van der Waals surface area (Å²) in [7, 11) is 0. The van der Waals surface area contributed by atoms with Gasteiger partial charge < -0.3 is 10.1 Å². The Morgan fingerprint density at radius 2 is 2.43 bits per heavy atom. The third-order valence-corrected chi connectivity index (χ3v) is 2.13. The van der Waals surface area contributed by atoms with Crippen LogP contribution in [-0.4, -0.2) is 19.7 Å². The van der Waals surface area contributed by atoms with Crippen LogP contribution in [0.25, 0.3) is 5.65 Å². The predicted octanol–water partition coefficient (Wildman–Crippen LogP) is 0.681. The fraction of sp³-hybridized carbons (Fsp3) is 0.333. The summed E-state index contributed by atoms with van der Waals surface area (Å²) in [4.78, 5) is 14.1. The fourth-order valence-electron chi connectivity index (χ4n) is 1.46. The van der Waals surface area contributed by atoms with Crippen molar-refractivity contribution in [2.75, 3.05) is 0 Å². The molecule has 2 aromatic rings. The molecule has 14 heavy (non-hydrogen) atoms. The second kappa shape index (κ2) is 3.17. The van der Waals surface area contributed by atoms with Crippen molar-refractivity contribution >= 4 is 5.65 Å². The number of hydrogen-bond donors (Lipinski definition) is 2. The fourth-order valence-corrected chi connectivity index (χ4v) is 1.46. The molecule has 5 nitrogen and oxygen atoms in total. The van der Waals surface area contributed by atoms with Gasteiger partial charge in [0.05, 0.1) is 11.8 Å². The first-order chi connectivity index (χ1) is 6.74. The summed E-state index contributed by atoms with van der Waals surface area (Å²) in [6.45, 7) is 1.95. The van der Waals surface area contributed by atoms with Crippen molar-refractivity contribution in [3.8, 4) is 5.88 Å². The Bertz CT molecular complexity index is 512. The predicted molar refractivity (Wildman–Crippen MR) is 51.5 cm³/mol. The number of nitrogens with one attached hydrogen (secondary N) is 1. The number of aromatic nitrogens is 3. The normalized spacial score (nSPS) is 10.9. The maximum Gasteiger partial charge on any atom is 0.258 e. The molecule has 0 fully saturated rings. The molecule has 2 N–H and O–H groups in total. The standard InChI is InChI=1S/C9H11N3O2/c1-2-3-6-8(13)11-7-4-5-10-12(7)9(6)14/h4-5,14H,2-3H2,1H3,(H,11,13). The van der Waals surface area contributed by atoms with Crippen molar-refractivity contribution in [3.05, 3.63) is 28.2 Å². The average molecular weight is 193 g/mol. The van der Waals surface area contributed by atoms with E-state index in [1.165, 1.54) is 10.7 Å². The van der Waals surface area contributed by atoms with Crippen LogP contribution in [0.1, 0.15) is 18.9 Å². The summed E-state index contributed by atoms with van der Waals surface area (Å²) in [5.41, 5.74) is 0.661. The molecular formula is C9H11N3O2. The molecule has 0 aliphatic rings. The quantitative estimate of drug-likeness (QED) is 0.736. The highest BCUT2D eigenvalue weighted by atomic mass is 16.3. The van der Waals surface area contributed by atoms with Crippen molar-refractivity contribution in [1.82, 2.24) is 14.6 Å². The molecule has 0 atom stereocenters. The Kier molecular flexibility index (Phi) is 1.99. The minimum Gasteiger partial charge on any atom is -0.493 e. The molecule has 0 aliphatic heterocycles. The van der Waals surface area contributed by atoms with E-state index < -0.39 is 0 Å². The minimum atomic E-state index is -0.239. The van der Waals surface area contributed by atoms with Gasteiger partial charge in [0.1, 0.15) is 5.65 Å². The van der Waals surface area contributed by atoms with Gasteiger partial charge in [-0.05, 0) is 6.42 Å². The number of rotatable bonds is 2. The number of H-pyrrole nitrogens is 1. The van der Waals surface area contributed by atoms with E-state index in [4.69, 9.17) is 0 Å². The zero-order valence-electron chi connectivity index (χ0n) is 7.82. The number of aromatic hydroxyl groups is 1. The zero-order valence-corrected chi connectivity index (χ0v) is 7.82. The van der Waals surface area contributed by atoms with E-state index >= 15 is 0 Å². The lowest BCUT2D eigenvalue weighted by Crippen LogP contribution is -2.15. The molecule has 2 heterocycles. The highest BCUT2D eigenvalue weighted by Gasteiger charge is 2.10. The monoisotopic (exact) mass is 193 g/mol. The first kappa shape index (κ1) is 8.80. The molecule has 2 rings (SSSR count).